The van der Waals surface area contributed by atoms with Crippen LogP contribution in [0.4, 0.5) is 0 Å². The number of esters is 1. The van der Waals surface area contributed by atoms with Crippen molar-refractivity contribution in [2.75, 3.05) is 13.4 Å². The Labute approximate surface area is 195 Å². The Kier molecular flexibility index (Phi) is 6.10. The smallest absolute Gasteiger partial charge is 0.355 e. The van der Waals surface area contributed by atoms with Crippen molar-refractivity contribution in [3.63, 3.8) is 0 Å². The molecular formula is C25H20ClNO5S. The van der Waals surface area contributed by atoms with Gasteiger partial charge in [0.2, 0.25) is 0 Å². The largest absolute Gasteiger partial charge is 0.464 e. The Morgan fingerprint density at radius 2 is 1.67 bits per heavy atom. The topological polar surface area (TPSA) is 82.4 Å². The van der Waals surface area contributed by atoms with E-state index >= 15 is 0 Å². The van der Waals surface area contributed by atoms with Gasteiger partial charge in [-0.05, 0) is 48.0 Å². The van der Waals surface area contributed by atoms with E-state index in [9.17, 15) is 18.0 Å². The number of pyridine rings is 1. The van der Waals surface area contributed by atoms with Crippen LogP contribution in [0.25, 0.3) is 16.6 Å². The third-order valence-electron chi connectivity index (χ3n) is 5.35. The number of para-hydroxylation sites is 1. The summed E-state index contributed by atoms with van der Waals surface area (Å²) in [7, 11) is -2.10. The molecule has 4 aromatic rings. The molecule has 0 amide bonds. The minimum Gasteiger partial charge on any atom is -0.464 e. The summed E-state index contributed by atoms with van der Waals surface area (Å²) in [6, 6.07) is 20.3. The molecule has 8 heteroatoms. The zero-order chi connectivity index (χ0) is 23.8. The normalized spacial score (nSPS) is 11.5. The van der Waals surface area contributed by atoms with Crippen LogP contribution in [0.15, 0.2) is 82.5 Å². The number of ether oxygens (including phenoxy) is 1. The van der Waals surface area contributed by atoms with Gasteiger partial charge in [0.1, 0.15) is 5.69 Å². The number of benzene rings is 3. The zero-order valence-corrected chi connectivity index (χ0v) is 19.5. The molecule has 0 aliphatic heterocycles. The van der Waals surface area contributed by atoms with Gasteiger partial charge in [0.15, 0.2) is 15.3 Å². The molecule has 1 heterocycles. The summed E-state index contributed by atoms with van der Waals surface area (Å²) in [5.74, 6) is -0.666. The molecule has 0 saturated carbocycles. The van der Waals surface area contributed by atoms with Crippen molar-refractivity contribution < 1.29 is 17.9 Å². The Morgan fingerprint density at radius 1 is 1.00 bits per heavy atom. The summed E-state index contributed by atoms with van der Waals surface area (Å²) < 4.78 is 30.3. The molecule has 0 saturated heterocycles. The number of carbonyl (C=O) groups excluding carboxylic acids is 1. The van der Waals surface area contributed by atoms with Gasteiger partial charge in [-0.2, -0.15) is 0 Å². The summed E-state index contributed by atoms with van der Waals surface area (Å²) >= 11 is 6.24. The maximum absolute atomic E-state index is 13.5. The first-order valence-electron chi connectivity index (χ1n) is 10.0. The van der Waals surface area contributed by atoms with Gasteiger partial charge >= 0.3 is 5.97 Å². The first-order chi connectivity index (χ1) is 15.7. The van der Waals surface area contributed by atoms with Crippen molar-refractivity contribution in [2.24, 2.45) is 0 Å². The van der Waals surface area contributed by atoms with Gasteiger partial charge in [0.25, 0.3) is 0 Å². The minimum absolute atomic E-state index is 0.0932. The lowest BCUT2D eigenvalue weighted by Crippen LogP contribution is -2.24. The van der Waals surface area contributed by atoms with Crippen LogP contribution in [0.5, 0.6) is 0 Å². The summed E-state index contributed by atoms with van der Waals surface area (Å²) in [5, 5.41) is 0.824. The van der Waals surface area contributed by atoms with Crippen LogP contribution < -0.4 is 5.43 Å². The van der Waals surface area contributed by atoms with Crippen LogP contribution >= 0.6 is 11.6 Å². The lowest BCUT2D eigenvalue weighted by atomic mass is 9.99. The second-order valence-corrected chi connectivity index (χ2v) is 10.0. The average Bonchev–Trinajstić information content (AvgIpc) is 2.80. The number of rotatable bonds is 5. The highest BCUT2D eigenvalue weighted by atomic mass is 35.5. The van der Waals surface area contributed by atoms with Crippen molar-refractivity contribution in [1.29, 1.82) is 0 Å². The predicted molar refractivity (Wildman–Crippen MR) is 128 cm³/mol. The van der Waals surface area contributed by atoms with Crippen molar-refractivity contribution in [2.45, 2.75) is 11.3 Å². The molecule has 0 N–H and O–H groups in total. The van der Waals surface area contributed by atoms with Crippen LogP contribution in [0.2, 0.25) is 5.02 Å². The van der Waals surface area contributed by atoms with E-state index in [0.717, 1.165) is 6.26 Å². The molecule has 0 unspecified atom stereocenters. The summed E-state index contributed by atoms with van der Waals surface area (Å²) in [6.07, 6.45) is 1.24. The molecule has 0 bridgehead atoms. The van der Waals surface area contributed by atoms with E-state index in [0.29, 0.717) is 27.2 Å². The second-order valence-electron chi connectivity index (χ2n) is 7.57. The highest BCUT2D eigenvalue weighted by molar-refractivity contribution is 7.90. The highest BCUT2D eigenvalue weighted by Crippen LogP contribution is 2.26. The fourth-order valence-electron chi connectivity index (χ4n) is 3.79. The number of hydrogen-bond acceptors (Lipinski definition) is 5. The van der Waals surface area contributed by atoms with E-state index in [-0.39, 0.29) is 28.0 Å². The molecule has 1 aromatic heterocycles. The standard InChI is InChI=1S/C25H20ClNO5S/c1-32-25(29)23-21(14-16-8-11-19(12-9-16)33(2,30)31)24(28)20-13-10-17(26)15-22(20)27(23)18-6-4-3-5-7-18/h3-13,15H,14H2,1-2H3. The Bertz CT molecular complexity index is 1530. The molecule has 4 rings (SSSR count). The van der Waals surface area contributed by atoms with E-state index in [1.54, 1.807) is 34.9 Å². The molecule has 168 valence electrons. The van der Waals surface area contributed by atoms with Gasteiger partial charge < -0.3 is 9.30 Å². The second kappa shape index (κ2) is 8.84. The maximum Gasteiger partial charge on any atom is 0.355 e. The van der Waals surface area contributed by atoms with Crippen molar-refractivity contribution >= 4 is 38.3 Å². The molecule has 3 aromatic carbocycles. The highest BCUT2D eigenvalue weighted by Gasteiger charge is 2.24. The SMILES string of the molecule is COC(=O)c1c(Cc2ccc(S(C)(=O)=O)cc2)c(=O)c2ccc(Cl)cc2n1-c1ccccc1. The van der Waals surface area contributed by atoms with Crippen LogP contribution in [-0.2, 0) is 21.0 Å². The van der Waals surface area contributed by atoms with E-state index < -0.39 is 15.8 Å². The molecule has 0 radical (unpaired) electrons. The summed E-state index contributed by atoms with van der Waals surface area (Å²) in [6.45, 7) is 0. The zero-order valence-electron chi connectivity index (χ0n) is 17.9. The maximum atomic E-state index is 13.5. The molecular weight excluding hydrogens is 462 g/mol. The summed E-state index contributed by atoms with van der Waals surface area (Å²) in [5.41, 5.74) is 1.84. The Morgan fingerprint density at radius 3 is 2.27 bits per heavy atom. The number of hydrogen-bond donors (Lipinski definition) is 0. The quantitative estimate of drug-likeness (QED) is 0.394. The van der Waals surface area contributed by atoms with Crippen LogP contribution in [-0.4, -0.2) is 32.3 Å². The Balaban J connectivity index is 2.03. The first kappa shape index (κ1) is 22.8. The molecule has 6 nitrogen and oxygen atoms in total. The van der Waals surface area contributed by atoms with Crippen LogP contribution in [0, 0.1) is 0 Å². The van der Waals surface area contributed by atoms with E-state index in [2.05, 4.69) is 0 Å². The number of carbonyl (C=O) groups is 1. The minimum atomic E-state index is -3.35. The number of halogens is 1. The predicted octanol–water partition coefficient (Wildman–Crippen LogP) is 4.43. The van der Waals surface area contributed by atoms with Gasteiger partial charge in [-0.15, -0.1) is 0 Å². The van der Waals surface area contributed by atoms with E-state index in [1.165, 1.54) is 19.2 Å². The number of nitrogens with zero attached hydrogens (tertiary/aromatic N) is 1. The fourth-order valence-corrected chi connectivity index (χ4v) is 4.58. The molecule has 0 atom stereocenters. The summed E-state index contributed by atoms with van der Waals surface area (Å²) in [4.78, 5) is 26.7. The van der Waals surface area contributed by atoms with Gasteiger partial charge in [-0.1, -0.05) is 41.9 Å². The third-order valence-corrected chi connectivity index (χ3v) is 6.72. The molecule has 0 spiro atoms. The van der Waals surface area contributed by atoms with Gasteiger partial charge in [0.05, 0.1) is 17.5 Å². The fraction of sp³-hybridized carbons (Fsp3) is 0.120. The lowest BCUT2D eigenvalue weighted by molar-refractivity contribution is 0.0590. The van der Waals surface area contributed by atoms with Crippen molar-refractivity contribution in [3.8, 4) is 5.69 Å². The number of sulfone groups is 1. The van der Waals surface area contributed by atoms with Gasteiger partial charge in [-0.25, -0.2) is 13.2 Å². The third kappa shape index (κ3) is 4.42. The molecule has 0 fully saturated rings. The monoisotopic (exact) mass is 481 g/mol. The molecule has 0 aliphatic carbocycles. The lowest BCUT2D eigenvalue weighted by Gasteiger charge is -2.19. The number of methoxy groups -OCH3 is 1. The number of aromatic nitrogens is 1. The van der Waals surface area contributed by atoms with Gasteiger partial charge in [-0.3, -0.25) is 4.79 Å². The van der Waals surface area contributed by atoms with Crippen LogP contribution in [0.1, 0.15) is 21.6 Å². The van der Waals surface area contributed by atoms with Crippen molar-refractivity contribution in [1.82, 2.24) is 4.57 Å². The average molecular weight is 482 g/mol. The van der Waals surface area contributed by atoms with Gasteiger partial charge in [0, 0.05) is 34.3 Å². The first-order valence-corrected chi connectivity index (χ1v) is 12.3. The van der Waals surface area contributed by atoms with E-state index in [4.69, 9.17) is 16.3 Å². The van der Waals surface area contributed by atoms with Crippen molar-refractivity contribution in [3.05, 3.63) is 105 Å². The Hall–Kier alpha value is -3.42. The van der Waals surface area contributed by atoms with E-state index in [1.807, 2.05) is 30.3 Å². The molecule has 0 aliphatic rings. The number of fused-ring (bicyclic) bond motifs is 1. The molecule has 33 heavy (non-hydrogen) atoms. The van der Waals surface area contributed by atoms with Crippen LogP contribution in [0.3, 0.4) is 0 Å².